The van der Waals surface area contributed by atoms with Gasteiger partial charge in [-0.3, -0.25) is 9.78 Å². The normalized spacial score (nSPS) is 14.2. The van der Waals surface area contributed by atoms with Gasteiger partial charge in [0.15, 0.2) is 0 Å². The van der Waals surface area contributed by atoms with Gasteiger partial charge in [0.2, 0.25) is 5.76 Å². The zero-order valence-corrected chi connectivity index (χ0v) is 10.1. The molecule has 5 heteroatoms. The van der Waals surface area contributed by atoms with E-state index in [2.05, 4.69) is 10.3 Å². The summed E-state index contributed by atoms with van der Waals surface area (Å²) in [5.41, 5.74) is 1.53. The van der Waals surface area contributed by atoms with E-state index in [0.717, 1.165) is 10.9 Å². The zero-order chi connectivity index (χ0) is 13.1. The van der Waals surface area contributed by atoms with Crippen LogP contribution < -0.4 is 5.32 Å². The maximum Gasteiger partial charge on any atom is 0.294 e. The summed E-state index contributed by atoms with van der Waals surface area (Å²) in [6.07, 6.45) is 3.05. The Kier molecular flexibility index (Phi) is 3.02. The van der Waals surface area contributed by atoms with Crippen molar-refractivity contribution < 1.29 is 14.3 Å². The van der Waals surface area contributed by atoms with Crippen molar-refractivity contribution >= 4 is 22.5 Å². The van der Waals surface area contributed by atoms with Crippen LogP contribution >= 0.6 is 0 Å². The van der Waals surface area contributed by atoms with E-state index in [0.29, 0.717) is 18.9 Å². The van der Waals surface area contributed by atoms with Gasteiger partial charge in [0.1, 0.15) is 19.5 Å². The van der Waals surface area contributed by atoms with Crippen LogP contribution in [-0.4, -0.2) is 24.1 Å². The summed E-state index contributed by atoms with van der Waals surface area (Å²) < 4.78 is 10.3. The third-order valence-electron chi connectivity index (χ3n) is 2.77. The summed E-state index contributed by atoms with van der Waals surface area (Å²) in [4.78, 5) is 16.2. The largest absolute Gasteiger partial charge is 0.494 e. The molecule has 19 heavy (non-hydrogen) atoms. The Hall–Kier alpha value is -2.56. The first-order valence-electron chi connectivity index (χ1n) is 5.94. The first kappa shape index (κ1) is 11.5. The third-order valence-corrected chi connectivity index (χ3v) is 2.77. The van der Waals surface area contributed by atoms with E-state index in [1.165, 1.54) is 6.26 Å². The van der Waals surface area contributed by atoms with Gasteiger partial charge < -0.3 is 14.8 Å². The third kappa shape index (κ3) is 2.35. The van der Waals surface area contributed by atoms with Crippen LogP contribution in [0.2, 0.25) is 0 Å². The lowest BCUT2D eigenvalue weighted by molar-refractivity contribution is -0.117. The van der Waals surface area contributed by atoms with Crippen molar-refractivity contribution in [3.05, 3.63) is 48.5 Å². The fourth-order valence-electron chi connectivity index (χ4n) is 1.88. The molecule has 5 nitrogen and oxygen atoms in total. The van der Waals surface area contributed by atoms with E-state index >= 15 is 0 Å². The van der Waals surface area contributed by atoms with E-state index in [9.17, 15) is 4.79 Å². The Morgan fingerprint density at radius 1 is 1.21 bits per heavy atom. The predicted octanol–water partition coefficient (Wildman–Crippen LogP) is 2.06. The van der Waals surface area contributed by atoms with Gasteiger partial charge in [-0.1, -0.05) is 6.07 Å². The smallest absolute Gasteiger partial charge is 0.294 e. The lowest BCUT2D eigenvalue weighted by Gasteiger charge is -2.15. The number of pyridine rings is 1. The second-order valence-electron chi connectivity index (χ2n) is 4.03. The van der Waals surface area contributed by atoms with Crippen molar-refractivity contribution in [2.75, 3.05) is 18.5 Å². The molecule has 1 aromatic carbocycles. The highest BCUT2D eigenvalue weighted by molar-refractivity contribution is 6.07. The first-order chi connectivity index (χ1) is 9.34. The van der Waals surface area contributed by atoms with Crippen LogP contribution in [0.15, 0.2) is 48.5 Å². The van der Waals surface area contributed by atoms with E-state index in [4.69, 9.17) is 9.47 Å². The topological polar surface area (TPSA) is 60.5 Å². The summed E-state index contributed by atoms with van der Waals surface area (Å²) >= 11 is 0. The predicted molar refractivity (Wildman–Crippen MR) is 70.4 cm³/mol. The van der Waals surface area contributed by atoms with Gasteiger partial charge in [0, 0.05) is 11.6 Å². The number of carbonyl (C=O) groups is 1. The Balaban J connectivity index is 1.89. The van der Waals surface area contributed by atoms with Gasteiger partial charge in [-0.05, 0) is 24.3 Å². The van der Waals surface area contributed by atoms with Crippen LogP contribution in [-0.2, 0) is 14.3 Å². The summed E-state index contributed by atoms with van der Waals surface area (Å²) in [5.74, 6) is -0.136. The molecule has 0 saturated carbocycles. The number of carbonyl (C=O) groups excluding carboxylic acids is 1. The number of hydrogen-bond donors (Lipinski definition) is 1. The van der Waals surface area contributed by atoms with Crippen molar-refractivity contribution in [3.8, 4) is 0 Å². The van der Waals surface area contributed by atoms with Crippen molar-refractivity contribution in [1.82, 2.24) is 4.98 Å². The second kappa shape index (κ2) is 4.97. The van der Waals surface area contributed by atoms with Crippen molar-refractivity contribution in [1.29, 1.82) is 0 Å². The number of nitrogens with zero attached hydrogens (tertiary/aromatic N) is 1. The minimum Gasteiger partial charge on any atom is -0.494 e. The molecule has 1 aliphatic rings. The number of fused-ring (bicyclic) bond motifs is 1. The Bertz CT molecular complexity index is 647. The molecule has 0 saturated heterocycles. The van der Waals surface area contributed by atoms with Crippen LogP contribution in [0.4, 0.5) is 5.69 Å². The monoisotopic (exact) mass is 256 g/mol. The molecule has 0 atom stereocenters. The quantitative estimate of drug-likeness (QED) is 0.893. The molecule has 1 aliphatic heterocycles. The van der Waals surface area contributed by atoms with E-state index in [-0.39, 0.29) is 11.7 Å². The Morgan fingerprint density at radius 3 is 3.00 bits per heavy atom. The van der Waals surface area contributed by atoms with Crippen LogP contribution in [0.1, 0.15) is 0 Å². The molecule has 0 unspecified atom stereocenters. The van der Waals surface area contributed by atoms with E-state index < -0.39 is 0 Å². The van der Waals surface area contributed by atoms with Gasteiger partial charge in [-0.25, -0.2) is 0 Å². The number of rotatable bonds is 2. The summed E-state index contributed by atoms with van der Waals surface area (Å²) in [7, 11) is 0. The van der Waals surface area contributed by atoms with Crippen LogP contribution in [0, 0.1) is 0 Å². The van der Waals surface area contributed by atoms with Crippen LogP contribution in [0.5, 0.6) is 0 Å². The summed E-state index contributed by atoms with van der Waals surface area (Å²) in [6, 6.07) is 9.30. The lowest BCUT2D eigenvalue weighted by Crippen LogP contribution is -2.21. The van der Waals surface area contributed by atoms with E-state index in [1.54, 1.807) is 6.20 Å². The molecule has 0 radical (unpaired) electrons. The van der Waals surface area contributed by atoms with Crippen molar-refractivity contribution in [2.24, 2.45) is 0 Å². The number of ether oxygens (including phenoxy) is 2. The number of benzene rings is 1. The highest BCUT2D eigenvalue weighted by atomic mass is 16.6. The minimum absolute atomic E-state index is 0.187. The van der Waals surface area contributed by atoms with Gasteiger partial charge in [-0.2, -0.15) is 0 Å². The minimum atomic E-state index is -0.323. The summed E-state index contributed by atoms with van der Waals surface area (Å²) in [6.45, 7) is 0.852. The summed E-state index contributed by atoms with van der Waals surface area (Å²) in [5, 5.41) is 3.69. The molecule has 2 heterocycles. The van der Waals surface area contributed by atoms with Crippen LogP contribution in [0.25, 0.3) is 10.9 Å². The molecule has 0 bridgehead atoms. The number of anilines is 1. The lowest BCUT2D eigenvalue weighted by atomic mass is 10.2. The maximum absolute atomic E-state index is 12.0. The molecule has 1 amide bonds. The molecular weight excluding hydrogens is 244 g/mol. The van der Waals surface area contributed by atoms with E-state index in [1.807, 2.05) is 30.3 Å². The second-order valence-corrected chi connectivity index (χ2v) is 4.03. The average Bonchev–Trinajstić information content (AvgIpc) is 2.48. The molecule has 1 aromatic heterocycles. The maximum atomic E-state index is 12.0. The standard InChI is InChI=1S/C14H12N2O3/c17-14(13-9-18-7-8-19-13)16-12-5-1-4-11-10(12)3-2-6-15-11/h1-6,9H,7-8H2,(H,16,17). The highest BCUT2D eigenvalue weighted by Gasteiger charge is 2.15. The first-order valence-corrected chi connectivity index (χ1v) is 5.94. The SMILES string of the molecule is O=C(Nc1cccc2ncccc12)C1=COCCO1. The highest BCUT2D eigenvalue weighted by Crippen LogP contribution is 2.22. The molecule has 0 aliphatic carbocycles. The van der Waals surface area contributed by atoms with Gasteiger partial charge >= 0.3 is 0 Å². The van der Waals surface area contributed by atoms with Gasteiger partial charge in [0.25, 0.3) is 5.91 Å². The van der Waals surface area contributed by atoms with Gasteiger partial charge in [0.05, 0.1) is 11.2 Å². The van der Waals surface area contributed by atoms with Crippen molar-refractivity contribution in [2.45, 2.75) is 0 Å². The molecule has 2 aromatic rings. The van der Waals surface area contributed by atoms with Crippen LogP contribution in [0.3, 0.4) is 0 Å². The van der Waals surface area contributed by atoms with Gasteiger partial charge in [-0.15, -0.1) is 0 Å². The fourth-order valence-corrected chi connectivity index (χ4v) is 1.88. The molecular formula is C14H12N2O3. The Morgan fingerprint density at radius 2 is 2.16 bits per heavy atom. The number of amides is 1. The molecule has 3 rings (SSSR count). The molecule has 0 spiro atoms. The number of nitrogens with one attached hydrogen (secondary N) is 1. The fraction of sp³-hybridized carbons (Fsp3) is 0.143. The molecule has 1 N–H and O–H groups in total. The Labute approximate surface area is 109 Å². The van der Waals surface area contributed by atoms with Crippen molar-refractivity contribution in [3.63, 3.8) is 0 Å². The average molecular weight is 256 g/mol. The zero-order valence-electron chi connectivity index (χ0n) is 10.1. The number of hydrogen-bond acceptors (Lipinski definition) is 4. The molecule has 96 valence electrons. The number of aromatic nitrogens is 1. The molecule has 0 fully saturated rings.